The summed E-state index contributed by atoms with van der Waals surface area (Å²) in [6.45, 7) is 0.736. The van der Waals surface area contributed by atoms with Crippen LogP contribution in [0.15, 0.2) is 48.5 Å². The fourth-order valence-corrected chi connectivity index (χ4v) is 4.83. The molecule has 1 saturated heterocycles. The van der Waals surface area contributed by atoms with Gasteiger partial charge < -0.3 is 4.74 Å². The Balaban J connectivity index is 1.95. The predicted molar refractivity (Wildman–Crippen MR) is 113 cm³/mol. The third-order valence-corrected chi connectivity index (χ3v) is 7.22. The molecular weight excluding hydrogens is 431 g/mol. The van der Waals surface area contributed by atoms with Crippen LogP contribution in [-0.2, 0) is 16.4 Å². The molecule has 0 amide bonds. The lowest BCUT2D eigenvalue weighted by Crippen LogP contribution is -2.44. The molecule has 1 aliphatic rings. The molecule has 170 valence electrons. The molecule has 1 aliphatic heterocycles. The highest BCUT2D eigenvalue weighted by atomic mass is 32.2. The van der Waals surface area contributed by atoms with Crippen LogP contribution in [0.3, 0.4) is 0 Å². The number of piperidine rings is 1. The Hall–Kier alpha value is -2.30. The monoisotopic (exact) mass is 457 g/mol. The van der Waals surface area contributed by atoms with Gasteiger partial charge in [-0.2, -0.15) is 21.6 Å². The Morgan fingerprint density at radius 2 is 1.87 bits per heavy atom. The number of nitrogens with zero attached hydrogens (tertiary/aromatic N) is 2. The molecule has 2 aromatic rings. The zero-order valence-corrected chi connectivity index (χ0v) is 18.2. The SMILES string of the molecule is COc1ccc(N(C)S(=O)(=O)C(F)(F)F)cc1C[C@@H]1CCCN(N)[C@@H]1c1ccccc1. The Morgan fingerprint density at radius 3 is 2.48 bits per heavy atom. The number of methoxy groups -OCH3 is 1. The number of ether oxygens (including phenoxy) is 1. The van der Waals surface area contributed by atoms with Crippen LogP contribution in [0, 0.1) is 5.92 Å². The van der Waals surface area contributed by atoms with Gasteiger partial charge in [0.25, 0.3) is 0 Å². The number of hydrogen-bond donors (Lipinski definition) is 1. The molecular formula is C21H26F3N3O3S. The Kier molecular flexibility index (Phi) is 6.82. The van der Waals surface area contributed by atoms with Crippen molar-refractivity contribution in [2.24, 2.45) is 11.8 Å². The normalized spacial score (nSPS) is 20.5. The fourth-order valence-electron chi connectivity index (χ4n) is 4.13. The van der Waals surface area contributed by atoms with Gasteiger partial charge in [0.15, 0.2) is 0 Å². The summed E-state index contributed by atoms with van der Waals surface area (Å²) in [7, 11) is -3.13. The largest absolute Gasteiger partial charge is 0.516 e. The van der Waals surface area contributed by atoms with Gasteiger partial charge in [-0.25, -0.2) is 5.01 Å². The van der Waals surface area contributed by atoms with Crippen LogP contribution in [0.2, 0.25) is 0 Å². The van der Waals surface area contributed by atoms with Gasteiger partial charge in [-0.15, -0.1) is 0 Å². The van der Waals surface area contributed by atoms with Gasteiger partial charge in [0.1, 0.15) is 5.75 Å². The average Bonchev–Trinajstić information content (AvgIpc) is 2.73. The van der Waals surface area contributed by atoms with Crippen LogP contribution in [0.5, 0.6) is 5.75 Å². The number of hydrogen-bond acceptors (Lipinski definition) is 5. The molecule has 3 rings (SSSR count). The van der Waals surface area contributed by atoms with Gasteiger partial charge in [0.2, 0.25) is 0 Å². The van der Waals surface area contributed by atoms with Crippen LogP contribution >= 0.6 is 0 Å². The number of anilines is 1. The highest BCUT2D eigenvalue weighted by Crippen LogP contribution is 2.39. The highest BCUT2D eigenvalue weighted by molar-refractivity contribution is 7.93. The first-order chi connectivity index (χ1) is 14.6. The first-order valence-corrected chi connectivity index (χ1v) is 11.3. The Morgan fingerprint density at radius 1 is 1.19 bits per heavy atom. The molecule has 0 unspecified atom stereocenters. The number of rotatable bonds is 6. The molecule has 10 heteroatoms. The number of nitrogens with two attached hydrogens (primary N) is 1. The number of halogens is 3. The van der Waals surface area contributed by atoms with E-state index < -0.39 is 15.5 Å². The van der Waals surface area contributed by atoms with E-state index in [9.17, 15) is 21.6 Å². The maximum absolute atomic E-state index is 13.0. The maximum Gasteiger partial charge on any atom is 0.516 e. The lowest BCUT2D eigenvalue weighted by molar-refractivity contribution is -0.0437. The molecule has 2 N–H and O–H groups in total. The number of alkyl halides is 3. The minimum atomic E-state index is -5.50. The first kappa shape index (κ1) is 23.4. The molecule has 6 nitrogen and oxygen atoms in total. The summed E-state index contributed by atoms with van der Waals surface area (Å²) in [4.78, 5) is 0. The van der Waals surface area contributed by atoms with Crippen molar-refractivity contribution in [1.82, 2.24) is 5.01 Å². The smallest absolute Gasteiger partial charge is 0.496 e. The average molecular weight is 458 g/mol. The lowest BCUT2D eigenvalue weighted by atomic mass is 9.81. The zero-order chi connectivity index (χ0) is 22.8. The van der Waals surface area contributed by atoms with E-state index in [0.29, 0.717) is 17.7 Å². The van der Waals surface area contributed by atoms with Gasteiger partial charge in [-0.05, 0) is 54.5 Å². The van der Waals surface area contributed by atoms with Crippen molar-refractivity contribution in [3.8, 4) is 5.75 Å². The molecule has 1 heterocycles. The molecule has 0 aromatic heterocycles. The first-order valence-electron chi connectivity index (χ1n) is 9.84. The zero-order valence-electron chi connectivity index (χ0n) is 17.3. The second-order valence-electron chi connectivity index (χ2n) is 7.61. The summed E-state index contributed by atoms with van der Waals surface area (Å²) in [5.41, 5.74) is -3.78. The maximum atomic E-state index is 13.0. The van der Waals surface area contributed by atoms with Crippen molar-refractivity contribution in [3.05, 3.63) is 59.7 Å². The summed E-state index contributed by atoms with van der Waals surface area (Å²) in [5, 5.41) is 1.79. The van der Waals surface area contributed by atoms with Gasteiger partial charge in [-0.1, -0.05) is 30.3 Å². The van der Waals surface area contributed by atoms with Gasteiger partial charge in [-0.3, -0.25) is 10.1 Å². The molecule has 0 saturated carbocycles. The van der Waals surface area contributed by atoms with E-state index >= 15 is 0 Å². The highest BCUT2D eigenvalue weighted by Gasteiger charge is 2.49. The summed E-state index contributed by atoms with van der Waals surface area (Å²) >= 11 is 0. The second-order valence-corrected chi connectivity index (χ2v) is 9.57. The van der Waals surface area contributed by atoms with E-state index in [1.807, 2.05) is 30.3 Å². The third-order valence-electron chi connectivity index (χ3n) is 5.70. The van der Waals surface area contributed by atoms with E-state index in [1.165, 1.54) is 25.3 Å². The Bertz CT molecular complexity index is 1000. The molecule has 2 atom stereocenters. The second kappa shape index (κ2) is 9.05. The summed E-state index contributed by atoms with van der Waals surface area (Å²) in [6, 6.07) is 14.0. The van der Waals surface area contributed by atoms with E-state index in [1.54, 1.807) is 5.01 Å². The van der Waals surface area contributed by atoms with Crippen molar-refractivity contribution in [2.45, 2.75) is 30.8 Å². The third kappa shape index (κ3) is 4.81. The van der Waals surface area contributed by atoms with Crippen molar-refractivity contribution in [3.63, 3.8) is 0 Å². The topological polar surface area (TPSA) is 75.9 Å². The number of hydrazine groups is 1. The summed E-state index contributed by atoms with van der Waals surface area (Å²) in [6.07, 6.45) is 2.23. The molecule has 0 spiro atoms. The molecule has 31 heavy (non-hydrogen) atoms. The van der Waals surface area contributed by atoms with Gasteiger partial charge in [0.05, 0.1) is 18.8 Å². The standard InChI is InChI=1S/C21H26F3N3O3S/c1-26(31(28,29)21(22,23)24)18-10-11-19(30-2)17(14-18)13-16-9-6-12-27(25)20(16)15-7-4-3-5-8-15/h3-5,7-8,10-11,14,16,20H,6,9,12-13,25H2,1-2H3/t16-,20+/m0/s1. The predicted octanol–water partition coefficient (Wildman–Crippen LogP) is 3.85. The summed E-state index contributed by atoms with van der Waals surface area (Å²) in [5.74, 6) is 6.87. The quantitative estimate of drug-likeness (QED) is 0.667. The van der Waals surface area contributed by atoms with Gasteiger partial charge >= 0.3 is 15.5 Å². The minimum absolute atomic E-state index is 0.0695. The van der Waals surface area contributed by atoms with Crippen LogP contribution in [0.4, 0.5) is 18.9 Å². The number of sulfonamides is 1. The van der Waals surface area contributed by atoms with Crippen LogP contribution in [0.1, 0.15) is 30.0 Å². The number of benzene rings is 2. The van der Waals surface area contributed by atoms with E-state index in [2.05, 4.69) is 0 Å². The van der Waals surface area contributed by atoms with E-state index in [0.717, 1.165) is 32.0 Å². The van der Waals surface area contributed by atoms with Crippen LogP contribution in [0.25, 0.3) is 0 Å². The van der Waals surface area contributed by atoms with Crippen LogP contribution in [-0.4, -0.2) is 39.6 Å². The van der Waals surface area contributed by atoms with E-state index in [-0.39, 0.29) is 22.0 Å². The lowest BCUT2D eigenvalue weighted by Gasteiger charge is -2.39. The molecule has 2 aromatic carbocycles. The molecule has 0 aliphatic carbocycles. The minimum Gasteiger partial charge on any atom is -0.496 e. The van der Waals surface area contributed by atoms with E-state index in [4.69, 9.17) is 10.6 Å². The summed E-state index contributed by atoms with van der Waals surface area (Å²) < 4.78 is 68.3. The fraction of sp³-hybridized carbons (Fsp3) is 0.429. The van der Waals surface area contributed by atoms with Crippen molar-refractivity contribution < 1.29 is 26.3 Å². The van der Waals surface area contributed by atoms with Crippen molar-refractivity contribution >= 4 is 15.7 Å². The molecule has 1 fully saturated rings. The molecule has 0 bridgehead atoms. The van der Waals surface area contributed by atoms with Gasteiger partial charge in [0, 0.05) is 13.6 Å². The van der Waals surface area contributed by atoms with Crippen LogP contribution < -0.4 is 14.9 Å². The van der Waals surface area contributed by atoms with Crippen molar-refractivity contribution in [2.75, 3.05) is 25.0 Å². The Labute approximate surface area is 180 Å². The molecule has 0 radical (unpaired) electrons. The van der Waals surface area contributed by atoms with Crippen molar-refractivity contribution in [1.29, 1.82) is 0 Å².